The summed E-state index contributed by atoms with van der Waals surface area (Å²) < 4.78 is 0. The monoisotopic (exact) mass is 254 g/mol. The molecular weight excluding hydrogens is 240 g/mol. The first-order valence-electron chi connectivity index (χ1n) is 4.93. The molecule has 1 atom stereocenters. The number of amides is 1. The fraction of sp³-hybridized carbons (Fsp3) is 0.273. The van der Waals surface area contributed by atoms with Crippen molar-refractivity contribution < 1.29 is 15.0 Å². The van der Waals surface area contributed by atoms with Gasteiger partial charge in [0.25, 0.3) is 5.91 Å². The number of rotatable bonds is 3. The molecule has 0 fully saturated rings. The van der Waals surface area contributed by atoms with Crippen molar-refractivity contribution in [2.75, 3.05) is 7.05 Å². The Hall–Kier alpha value is -1.82. The van der Waals surface area contributed by atoms with Crippen LogP contribution in [0.25, 0.3) is 0 Å². The highest BCUT2D eigenvalue weighted by atomic mass is 32.1. The second-order valence-corrected chi connectivity index (χ2v) is 4.17. The van der Waals surface area contributed by atoms with Crippen molar-refractivity contribution in [2.45, 2.75) is 13.0 Å². The highest BCUT2D eigenvalue weighted by molar-refractivity contribution is 7.80. The van der Waals surface area contributed by atoms with Crippen molar-refractivity contribution in [3.63, 3.8) is 0 Å². The number of aromatic hydroxyl groups is 2. The first kappa shape index (κ1) is 13.2. The third-order valence-electron chi connectivity index (χ3n) is 2.52. The predicted molar refractivity (Wildman–Crippen MR) is 68.1 cm³/mol. The zero-order valence-corrected chi connectivity index (χ0v) is 10.4. The molecule has 0 saturated heterocycles. The lowest BCUT2D eigenvalue weighted by molar-refractivity contribution is 0.0775. The Kier molecular flexibility index (Phi) is 3.90. The number of thiocarbonyl (C=S) groups is 1. The molecule has 1 amide bonds. The van der Waals surface area contributed by atoms with E-state index in [1.807, 2.05) is 0 Å². The number of likely N-dealkylation sites (N-methyl/N-ethyl adjacent to an activating group) is 1. The summed E-state index contributed by atoms with van der Waals surface area (Å²) in [6, 6.07) is 3.31. The van der Waals surface area contributed by atoms with Crippen molar-refractivity contribution in [1.82, 2.24) is 4.90 Å². The van der Waals surface area contributed by atoms with Crippen LogP contribution in [0.15, 0.2) is 18.2 Å². The minimum atomic E-state index is -0.460. The second-order valence-electron chi connectivity index (χ2n) is 3.70. The fourth-order valence-corrected chi connectivity index (χ4v) is 1.41. The maximum Gasteiger partial charge on any atom is 0.258 e. The number of benzene rings is 1. The molecule has 0 aliphatic carbocycles. The van der Waals surface area contributed by atoms with Gasteiger partial charge in [0, 0.05) is 7.05 Å². The van der Waals surface area contributed by atoms with Gasteiger partial charge in [-0.25, -0.2) is 0 Å². The Balaban J connectivity index is 3.04. The first-order chi connectivity index (χ1) is 7.84. The van der Waals surface area contributed by atoms with Crippen molar-refractivity contribution >= 4 is 23.1 Å². The molecule has 17 heavy (non-hydrogen) atoms. The zero-order chi connectivity index (χ0) is 13.2. The van der Waals surface area contributed by atoms with Crippen LogP contribution in [0.1, 0.15) is 17.3 Å². The van der Waals surface area contributed by atoms with Gasteiger partial charge >= 0.3 is 0 Å². The van der Waals surface area contributed by atoms with E-state index in [0.29, 0.717) is 0 Å². The van der Waals surface area contributed by atoms with Gasteiger partial charge in [-0.15, -0.1) is 0 Å². The molecule has 5 nitrogen and oxygen atoms in total. The van der Waals surface area contributed by atoms with E-state index in [1.165, 1.54) is 30.1 Å². The molecule has 1 rings (SSSR count). The number of phenols is 2. The molecule has 6 heteroatoms. The number of hydrogen-bond acceptors (Lipinski definition) is 4. The van der Waals surface area contributed by atoms with Crippen LogP contribution in [0.4, 0.5) is 0 Å². The Morgan fingerprint density at radius 1 is 1.47 bits per heavy atom. The van der Waals surface area contributed by atoms with Gasteiger partial charge in [-0.2, -0.15) is 0 Å². The van der Waals surface area contributed by atoms with Crippen LogP contribution in [0.3, 0.4) is 0 Å². The summed E-state index contributed by atoms with van der Waals surface area (Å²) in [5.41, 5.74) is 5.46. The van der Waals surface area contributed by atoms with Gasteiger partial charge in [-0.05, 0) is 25.1 Å². The van der Waals surface area contributed by atoms with Crippen LogP contribution in [0, 0.1) is 0 Å². The van der Waals surface area contributed by atoms with Crippen LogP contribution < -0.4 is 5.73 Å². The fourth-order valence-electron chi connectivity index (χ4n) is 1.25. The molecule has 0 saturated carbocycles. The van der Waals surface area contributed by atoms with E-state index in [-0.39, 0.29) is 22.1 Å². The van der Waals surface area contributed by atoms with E-state index < -0.39 is 11.9 Å². The van der Waals surface area contributed by atoms with Gasteiger partial charge in [0.15, 0.2) is 0 Å². The molecule has 1 aromatic carbocycles. The molecule has 0 aliphatic rings. The molecule has 92 valence electrons. The number of hydrogen-bond donors (Lipinski definition) is 3. The Labute approximate surface area is 104 Å². The molecule has 0 heterocycles. The van der Waals surface area contributed by atoms with Gasteiger partial charge in [-0.1, -0.05) is 12.2 Å². The lowest BCUT2D eigenvalue weighted by Gasteiger charge is -2.24. The lowest BCUT2D eigenvalue weighted by Crippen LogP contribution is -2.42. The Morgan fingerprint density at radius 2 is 2.06 bits per heavy atom. The number of phenolic OH excluding ortho intramolecular Hbond substituents is 2. The normalized spacial score (nSPS) is 11.9. The summed E-state index contributed by atoms with van der Waals surface area (Å²) in [5.74, 6) is -0.754. The maximum atomic E-state index is 12.0. The smallest absolute Gasteiger partial charge is 0.258 e. The van der Waals surface area contributed by atoms with E-state index in [2.05, 4.69) is 0 Å². The number of nitrogens with zero attached hydrogens (tertiary/aromatic N) is 1. The third-order valence-corrected chi connectivity index (χ3v) is 2.86. The SMILES string of the molecule is CC(C(N)=S)N(C)C(=O)c1cc(O)ccc1O. The summed E-state index contributed by atoms with van der Waals surface area (Å²) in [6.07, 6.45) is 0. The van der Waals surface area contributed by atoms with Gasteiger partial charge < -0.3 is 20.8 Å². The largest absolute Gasteiger partial charge is 0.508 e. The average molecular weight is 254 g/mol. The molecule has 1 unspecified atom stereocenters. The lowest BCUT2D eigenvalue weighted by atomic mass is 10.1. The molecule has 0 spiro atoms. The van der Waals surface area contributed by atoms with Crippen molar-refractivity contribution in [3.8, 4) is 11.5 Å². The number of carbonyl (C=O) groups excluding carboxylic acids is 1. The van der Waals surface area contributed by atoms with Gasteiger partial charge in [0.05, 0.1) is 16.6 Å². The van der Waals surface area contributed by atoms with E-state index in [1.54, 1.807) is 6.92 Å². The molecule has 0 bridgehead atoms. The third kappa shape index (κ3) is 2.85. The summed E-state index contributed by atoms with van der Waals surface area (Å²) >= 11 is 4.79. The molecule has 4 N–H and O–H groups in total. The van der Waals surface area contributed by atoms with Crippen molar-refractivity contribution in [3.05, 3.63) is 23.8 Å². The van der Waals surface area contributed by atoms with E-state index >= 15 is 0 Å². The van der Waals surface area contributed by atoms with Crippen LogP contribution in [0.2, 0.25) is 0 Å². The minimum absolute atomic E-state index is 0.00981. The molecular formula is C11H14N2O3S. The van der Waals surface area contributed by atoms with E-state index in [9.17, 15) is 15.0 Å². The standard InChI is InChI=1S/C11H14N2O3S/c1-6(10(12)17)13(2)11(16)8-5-7(14)3-4-9(8)15/h3-6,14-15H,1-2H3,(H2,12,17). The topological polar surface area (TPSA) is 86.8 Å². The van der Waals surface area contributed by atoms with Crippen LogP contribution >= 0.6 is 12.2 Å². The highest BCUT2D eigenvalue weighted by Crippen LogP contribution is 2.23. The van der Waals surface area contributed by atoms with Gasteiger partial charge in [0.2, 0.25) is 0 Å². The summed E-state index contributed by atoms with van der Waals surface area (Å²) in [4.78, 5) is 13.5. The summed E-state index contributed by atoms with van der Waals surface area (Å²) in [5, 5.41) is 18.8. The second kappa shape index (κ2) is 5.01. The Bertz CT molecular complexity index is 462. The van der Waals surface area contributed by atoms with E-state index in [4.69, 9.17) is 18.0 Å². The highest BCUT2D eigenvalue weighted by Gasteiger charge is 2.22. The van der Waals surface area contributed by atoms with Crippen LogP contribution in [0.5, 0.6) is 11.5 Å². The Morgan fingerprint density at radius 3 is 2.59 bits per heavy atom. The summed E-state index contributed by atoms with van der Waals surface area (Å²) in [6.45, 7) is 1.68. The number of carbonyl (C=O) groups is 1. The molecule has 1 aromatic rings. The maximum absolute atomic E-state index is 12.0. The quantitative estimate of drug-likeness (QED) is 0.550. The van der Waals surface area contributed by atoms with Gasteiger partial charge in [0.1, 0.15) is 11.5 Å². The van der Waals surface area contributed by atoms with Crippen molar-refractivity contribution in [2.24, 2.45) is 5.73 Å². The minimum Gasteiger partial charge on any atom is -0.508 e. The zero-order valence-electron chi connectivity index (χ0n) is 9.54. The number of nitrogens with two attached hydrogens (primary N) is 1. The molecule has 0 radical (unpaired) electrons. The van der Waals surface area contributed by atoms with Gasteiger partial charge in [-0.3, -0.25) is 4.79 Å². The van der Waals surface area contributed by atoms with Crippen molar-refractivity contribution in [1.29, 1.82) is 0 Å². The average Bonchev–Trinajstić information content (AvgIpc) is 2.29. The summed E-state index contributed by atoms with van der Waals surface area (Å²) in [7, 11) is 1.52. The van der Waals surface area contributed by atoms with E-state index in [0.717, 1.165) is 0 Å². The van der Waals surface area contributed by atoms with Crippen LogP contribution in [-0.4, -0.2) is 39.1 Å². The predicted octanol–water partition coefficient (Wildman–Crippen LogP) is 0.844. The van der Waals surface area contributed by atoms with Crippen LogP contribution in [-0.2, 0) is 0 Å². The first-order valence-corrected chi connectivity index (χ1v) is 5.34. The molecule has 0 aromatic heterocycles. The molecule has 0 aliphatic heterocycles.